The number of halogens is 2. The molecule has 1 unspecified atom stereocenters. The monoisotopic (exact) mass is 408 g/mol. The summed E-state index contributed by atoms with van der Waals surface area (Å²) < 4.78 is 28.4. The van der Waals surface area contributed by atoms with Gasteiger partial charge in [-0.1, -0.05) is 44.2 Å². The van der Waals surface area contributed by atoms with Gasteiger partial charge in [0, 0.05) is 11.1 Å². The van der Waals surface area contributed by atoms with Crippen molar-refractivity contribution in [3.63, 3.8) is 0 Å². The Morgan fingerprint density at radius 2 is 1.63 bits per heavy atom. The number of nitrogens with one attached hydrogen (secondary N) is 1. The Morgan fingerprint density at radius 3 is 2.33 bits per heavy atom. The van der Waals surface area contributed by atoms with Crippen molar-refractivity contribution in [3.05, 3.63) is 71.7 Å². The van der Waals surface area contributed by atoms with Crippen LogP contribution in [0.2, 0.25) is 0 Å². The maximum atomic E-state index is 13.8. The maximum Gasteiger partial charge on any atom is 0.320 e. The number of para-hydroxylation sites is 3. The third-order valence-electron chi connectivity index (χ3n) is 5.13. The van der Waals surface area contributed by atoms with E-state index in [1.165, 1.54) is 0 Å². The van der Waals surface area contributed by atoms with Crippen LogP contribution in [0, 0.1) is 0 Å². The molecule has 4 rings (SSSR count). The zero-order valence-electron chi connectivity index (χ0n) is 16.9. The lowest BCUT2D eigenvalue weighted by Gasteiger charge is -2.17. The van der Waals surface area contributed by atoms with Gasteiger partial charge in [0.25, 0.3) is 5.91 Å². The number of rotatable bonds is 5. The minimum atomic E-state index is -2.76. The van der Waals surface area contributed by atoms with Gasteiger partial charge >= 0.3 is 6.55 Å². The number of aromatic nitrogens is 3. The number of carbonyl (C=O) groups excluding carboxylic acids is 1. The lowest BCUT2D eigenvalue weighted by molar-refractivity contribution is 0.0688. The normalized spacial score (nSPS) is 12.8. The first-order valence-electron chi connectivity index (χ1n) is 9.82. The number of pyridine rings is 1. The van der Waals surface area contributed by atoms with Crippen LogP contribution in [-0.4, -0.2) is 20.4 Å². The van der Waals surface area contributed by atoms with Gasteiger partial charge in [0.15, 0.2) is 0 Å². The largest absolute Gasteiger partial charge is 0.342 e. The van der Waals surface area contributed by atoms with Gasteiger partial charge in [0.2, 0.25) is 0 Å². The van der Waals surface area contributed by atoms with Crippen molar-refractivity contribution in [3.8, 4) is 0 Å². The fourth-order valence-electron chi connectivity index (χ4n) is 3.59. The first-order valence-corrected chi connectivity index (χ1v) is 9.82. The molecule has 0 aliphatic carbocycles. The Labute approximate surface area is 172 Å². The molecular formula is C23H22F2N4O. The number of fused-ring (bicyclic) bond motifs is 2. The molecule has 1 amide bonds. The van der Waals surface area contributed by atoms with Gasteiger partial charge in [0.1, 0.15) is 5.82 Å². The summed E-state index contributed by atoms with van der Waals surface area (Å²) in [4.78, 5) is 22.1. The molecule has 0 aliphatic rings. The number of benzene rings is 2. The van der Waals surface area contributed by atoms with Crippen LogP contribution in [0.4, 0.5) is 8.78 Å². The molecule has 0 saturated heterocycles. The summed E-state index contributed by atoms with van der Waals surface area (Å²) in [7, 11) is 0. The molecule has 2 heterocycles. The van der Waals surface area contributed by atoms with Crippen molar-refractivity contribution in [2.45, 2.75) is 39.3 Å². The second kappa shape index (κ2) is 7.82. The number of alkyl halides is 2. The average Bonchev–Trinajstić information content (AvgIpc) is 3.12. The summed E-state index contributed by atoms with van der Waals surface area (Å²) in [5.74, 6) is -0.0977. The minimum Gasteiger partial charge on any atom is -0.342 e. The van der Waals surface area contributed by atoms with E-state index in [0.29, 0.717) is 22.0 Å². The highest BCUT2D eigenvalue weighted by Crippen LogP contribution is 2.28. The van der Waals surface area contributed by atoms with Crippen LogP contribution in [0.5, 0.6) is 0 Å². The van der Waals surface area contributed by atoms with Crippen molar-refractivity contribution < 1.29 is 13.6 Å². The third-order valence-corrected chi connectivity index (χ3v) is 5.13. The van der Waals surface area contributed by atoms with Crippen LogP contribution in [-0.2, 0) is 0 Å². The van der Waals surface area contributed by atoms with Gasteiger partial charge < -0.3 is 5.32 Å². The van der Waals surface area contributed by atoms with Crippen LogP contribution in [0.3, 0.4) is 0 Å². The van der Waals surface area contributed by atoms with Crippen LogP contribution in [0.25, 0.3) is 21.9 Å². The number of imidazole rings is 1. The molecule has 0 saturated carbocycles. The Bertz CT molecular complexity index is 1230. The molecule has 0 aliphatic heterocycles. The molecule has 1 atom stereocenters. The zero-order chi connectivity index (χ0) is 21.4. The number of hydrogen-bond acceptors (Lipinski definition) is 3. The molecule has 154 valence electrons. The van der Waals surface area contributed by atoms with E-state index in [1.807, 2.05) is 38.1 Å². The highest BCUT2D eigenvalue weighted by atomic mass is 19.3. The molecule has 2 aromatic heterocycles. The SMILES string of the molecule is CC(C)c1cc(C(=O)NC(C)c2nc3ccccc3n2C(F)F)c2ccccc2n1. The number of carbonyl (C=O) groups is 1. The van der Waals surface area contributed by atoms with Crippen molar-refractivity contribution in [1.82, 2.24) is 19.9 Å². The highest BCUT2D eigenvalue weighted by Gasteiger charge is 2.24. The topological polar surface area (TPSA) is 59.8 Å². The van der Waals surface area contributed by atoms with E-state index in [4.69, 9.17) is 0 Å². The molecule has 0 spiro atoms. The summed E-state index contributed by atoms with van der Waals surface area (Å²) in [6, 6.07) is 15.2. The summed E-state index contributed by atoms with van der Waals surface area (Å²) >= 11 is 0. The van der Waals surface area contributed by atoms with Crippen LogP contribution in [0.15, 0.2) is 54.6 Å². The molecule has 0 fully saturated rings. The average molecular weight is 408 g/mol. The minimum absolute atomic E-state index is 0.113. The molecule has 0 bridgehead atoms. The summed E-state index contributed by atoms with van der Waals surface area (Å²) in [6.45, 7) is 2.91. The van der Waals surface area contributed by atoms with Crippen molar-refractivity contribution in [2.75, 3.05) is 0 Å². The Balaban J connectivity index is 1.73. The Morgan fingerprint density at radius 1 is 0.967 bits per heavy atom. The van der Waals surface area contributed by atoms with Gasteiger partial charge in [-0.25, -0.2) is 4.98 Å². The smallest absolute Gasteiger partial charge is 0.320 e. The highest BCUT2D eigenvalue weighted by molar-refractivity contribution is 6.06. The van der Waals surface area contributed by atoms with Crippen molar-refractivity contribution >= 4 is 27.8 Å². The summed E-state index contributed by atoms with van der Waals surface area (Å²) in [6.07, 6.45) is 0. The zero-order valence-corrected chi connectivity index (χ0v) is 16.9. The van der Waals surface area contributed by atoms with E-state index in [-0.39, 0.29) is 17.6 Å². The second-order valence-corrected chi connectivity index (χ2v) is 7.57. The Hall–Kier alpha value is -3.35. The maximum absolute atomic E-state index is 13.8. The van der Waals surface area contributed by atoms with Crippen LogP contribution >= 0.6 is 0 Å². The van der Waals surface area contributed by atoms with Gasteiger partial charge in [-0.3, -0.25) is 14.3 Å². The summed E-state index contributed by atoms with van der Waals surface area (Å²) in [5.41, 5.74) is 2.79. The van der Waals surface area contributed by atoms with Gasteiger partial charge in [0.05, 0.1) is 28.2 Å². The lowest BCUT2D eigenvalue weighted by atomic mass is 10.0. The van der Waals surface area contributed by atoms with E-state index in [0.717, 1.165) is 15.8 Å². The van der Waals surface area contributed by atoms with E-state index < -0.39 is 12.6 Å². The molecule has 7 heteroatoms. The summed E-state index contributed by atoms with van der Waals surface area (Å²) in [5, 5.41) is 3.56. The third kappa shape index (κ3) is 3.51. The molecule has 1 N–H and O–H groups in total. The van der Waals surface area contributed by atoms with Gasteiger partial charge in [-0.2, -0.15) is 8.78 Å². The quantitative estimate of drug-likeness (QED) is 0.468. The molecule has 4 aromatic rings. The molecular weight excluding hydrogens is 386 g/mol. The predicted molar refractivity (Wildman–Crippen MR) is 113 cm³/mol. The van der Waals surface area contributed by atoms with Crippen LogP contribution < -0.4 is 5.32 Å². The van der Waals surface area contributed by atoms with Crippen molar-refractivity contribution in [2.24, 2.45) is 0 Å². The standard InChI is InChI=1S/C23H22F2N4O/c1-13(2)19-12-16(15-8-4-5-9-17(15)27-19)22(30)26-14(3)21-28-18-10-6-7-11-20(18)29(21)23(24)25/h4-14,23H,1-3H3,(H,26,30). The molecule has 2 aromatic carbocycles. The van der Waals surface area contributed by atoms with Gasteiger partial charge in [-0.15, -0.1) is 0 Å². The first kappa shape index (κ1) is 19.9. The van der Waals surface area contributed by atoms with E-state index >= 15 is 0 Å². The van der Waals surface area contributed by atoms with E-state index in [2.05, 4.69) is 15.3 Å². The molecule has 30 heavy (non-hydrogen) atoms. The van der Waals surface area contributed by atoms with E-state index in [1.54, 1.807) is 37.3 Å². The van der Waals surface area contributed by atoms with Crippen LogP contribution in [0.1, 0.15) is 61.2 Å². The Kier molecular flexibility index (Phi) is 5.20. The fraction of sp³-hybridized carbons (Fsp3) is 0.261. The van der Waals surface area contributed by atoms with Crippen molar-refractivity contribution in [1.29, 1.82) is 0 Å². The van der Waals surface area contributed by atoms with E-state index in [9.17, 15) is 13.6 Å². The second-order valence-electron chi connectivity index (χ2n) is 7.57. The fourth-order valence-corrected chi connectivity index (χ4v) is 3.59. The predicted octanol–water partition coefficient (Wildman–Crippen LogP) is 5.59. The number of amides is 1. The number of hydrogen-bond donors (Lipinski definition) is 1. The lowest BCUT2D eigenvalue weighted by Crippen LogP contribution is -2.29. The number of nitrogens with zero attached hydrogens (tertiary/aromatic N) is 3. The molecule has 0 radical (unpaired) electrons. The first-order chi connectivity index (χ1) is 14.4. The molecule has 5 nitrogen and oxygen atoms in total. The van der Waals surface area contributed by atoms with Gasteiger partial charge in [-0.05, 0) is 37.1 Å².